The molecule has 2 atom stereocenters. The minimum absolute atomic E-state index is 0.382. The number of ether oxygens (including phenoxy) is 1. The largest absolute Gasteiger partial charge is 0.439 e. The van der Waals surface area contributed by atoms with E-state index < -0.39 is 18.2 Å². The summed E-state index contributed by atoms with van der Waals surface area (Å²) in [6.45, 7) is 0. The average Bonchev–Trinajstić information content (AvgIpc) is 3.06. The molecule has 0 radical (unpaired) electrons. The van der Waals surface area contributed by atoms with Crippen LogP contribution in [-0.4, -0.2) is 11.1 Å². The van der Waals surface area contributed by atoms with Crippen LogP contribution in [0, 0.1) is 0 Å². The van der Waals surface area contributed by atoms with Crippen molar-refractivity contribution in [3.05, 3.63) is 88.2 Å². The van der Waals surface area contributed by atoms with Gasteiger partial charge >= 0.3 is 6.09 Å². The highest BCUT2D eigenvalue weighted by molar-refractivity contribution is 6.42. The summed E-state index contributed by atoms with van der Waals surface area (Å²) in [7, 11) is 0. The highest BCUT2D eigenvalue weighted by Gasteiger charge is 2.38. The molecule has 0 spiro atoms. The van der Waals surface area contributed by atoms with Gasteiger partial charge in [-0.15, -0.1) is 0 Å². The van der Waals surface area contributed by atoms with Gasteiger partial charge in [0.15, 0.2) is 6.10 Å². The van der Waals surface area contributed by atoms with Gasteiger partial charge in [-0.3, -0.25) is 4.98 Å². The van der Waals surface area contributed by atoms with Gasteiger partial charge in [-0.2, -0.15) is 0 Å². The number of nitrogens with zero attached hydrogens (tertiary/aromatic N) is 1. The summed E-state index contributed by atoms with van der Waals surface area (Å²) < 4.78 is 5.47. The maximum Gasteiger partial charge on any atom is 0.408 e. The molecule has 26 heavy (non-hydrogen) atoms. The lowest BCUT2D eigenvalue weighted by atomic mass is 9.95. The number of alkyl carbamates (subject to hydrolysis) is 1. The van der Waals surface area contributed by atoms with Crippen LogP contribution in [-0.2, 0) is 4.74 Å². The smallest absolute Gasteiger partial charge is 0.408 e. The van der Waals surface area contributed by atoms with E-state index in [1.807, 2.05) is 36.4 Å². The Balaban J connectivity index is 1.74. The van der Waals surface area contributed by atoms with Gasteiger partial charge in [0.25, 0.3) is 0 Å². The molecule has 4 nitrogen and oxygen atoms in total. The van der Waals surface area contributed by atoms with Gasteiger partial charge < -0.3 is 10.1 Å². The first-order valence-corrected chi connectivity index (χ1v) is 8.80. The van der Waals surface area contributed by atoms with Crippen LogP contribution in [0.5, 0.6) is 0 Å². The summed E-state index contributed by atoms with van der Waals surface area (Å²) in [6.07, 6.45) is 2.43. The lowest BCUT2D eigenvalue weighted by Crippen LogP contribution is -2.20. The minimum atomic E-state index is -0.582. The molecule has 1 fully saturated rings. The molecule has 2 aromatic carbocycles. The highest BCUT2D eigenvalue weighted by Crippen LogP contribution is 2.41. The number of hydrogen-bond donors (Lipinski definition) is 1. The van der Waals surface area contributed by atoms with E-state index >= 15 is 0 Å². The molecule has 0 aliphatic carbocycles. The molecule has 2 heterocycles. The molecule has 1 aliphatic rings. The van der Waals surface area contributed by atoms with Gasteiger partial charge in [0.1, 0.15) is 6.04 Å². The number of halogens is 2. The summed E-state index contributed by atoms with van der Waals surface area (Å²) in [5.41, 5.74) is 3.50. The Hall–Kier alpha value is -2.56. The monoisotopic (exact) mass is 384 g/mol. The van der Waals surface area contributed by atoms with E-state index in [-0.39, 0.29) is 0 Å². The molecule has 1 amide bonds. The van der Waals surface area contributed by atoms with Crippen molar-refractivity contribution in [2.45, 2.75) is 12.1 Å². The predicted molar refractivity (Wildman–Crippen MR) is 101 cm³/mol. The zero-order chi connectivity index (χ0) is 18.1. The van der Waals surface area contributed by atoms with Gasteiger partial charge in [0.2, 0.25) is 0 Å². The summed E-state index contributed by atoms with van der Waals surface area (Å²) in [5.74, 6) is 0. The summed E-state index contributed by atoms with van der Waals surface area (Å²) >= 11 is 12.5. The molecule has 1 aromatic heterocycles. The average molecular weight is 385 g/mol. The summed E-state index contributed by atoms with van der Waals surface area (Å²) in [4.78, 5) is 16.3. The first kappa shape index (κ1) is 16.9. The number of aromatic nitrogens is 1. The Bertz CT molecular complexity index is 963. The molecule has 0 unspecified atom stereocenters. The third-order valence-electron chi connectivity index (χ3n) is 4.32. The molecule has 1 aliphatic heterocycles. The Morgan fingerprint density at radius 2 is 1.77 bits per heavy atom. The van der Waals surface area contributed by atoms with E-state index in [1.165, 1.54) is 0 Å². The van der Waals surface area contributed by atoms with Crippen molar-refractivity contribution in [2.75, 3.05) is 0 Å². The van der Waals surface area contributed by atoms with Crippen molar-refractivity contribution >= 4 is 29.3 Å². The highest BCUT2D eigenvalue weighted by atomic mass is 35.5. The van der Waals surface area contributed by atoms with Gasteiger partial charge in [0, 0.05) is 23.5 Å². The van der Waals surface area contributed by atoms with Crippen LogP contribution in [0.1, 0.15) is 23.3 Å². The fourth-order valence-corrected chi connectivity index (χ4v) is 3.49. The molecule has 3 aromatic rings. The molecule has 0 saturated carbocycles. The number of cyclic esters (lactones) is 1. The SMILES string of the molecule is O=C1N[C@@H](c2cncc(-c3ccccc3)c2)[C@H](c2cccc(Cl)c2Cl)O1. The number of carbonyl (C=O) groups excluding carboxylic acids is 1. The molecule has 0 bridgehead atoms. The maximum atomic E-state index is 11.9. The lowest BCUT2D eigenvalue weighted by molar-refractivity contribution is 0.132. The van der Waals surface area contributed by atoms with Crippen LogP contribution < -0.4 is 5.32 Å². The van der Waals surface area contributed by atoms with Crippen LogP contribution >= 0.6 is 23.2 Å². The van der Waals surface area contributed by atoms with Crippen molar-refractivity contribution < 1.29 is 9.53 Å². The second-order valence-electron chi connectivity index (χ2n) is 5.96. The third kappa shape index (κ3) is 3.14. The molecule has 130 valence electrons. The van der Waals surface area contributed by atoms with Gasteiger partial charge in [0.05, 0.1) is 10.0 Å². The van der Waals surface area contributed by atoms with E-state index in [0.29, 0.717) is 15.6 Å². The van der Waals surface area contributed by atoms with Crippen LogP contribution in [0.4, 0.5) is 4.79 Å². The normalized spacial score (nSPS) is 19.1. The van der Waals surface area contributed by atoms with E-state index in [2.05, 4.69) is 10.3 Å². The molecule has 1 saturated heterocycles. The number of hydrogen-bond acceptors (Lipinski definition) is 3. The molecule has 1 N–H and O–H groups in total. The molecular weight excluding hydrogens is 371 g/mol. The Labute approximate surface area is 160 Å². The Kier molecular flexibility index (Phi) is 4.53. The van der Waals surface area contributed by atoms with Gasteiger partial charge in [-0.1, -0.05) is 65.7 Å². The van der Waals surface area contributed by atoms with E-state index in [9.17, 15) is 4.79 Å². The first-order chi connectivity index (χ1) is 12.6. The standard InChI is InChI=1S/C20H14Cl2N2O2/c21-16-8-4-7-15(17(16)22)19-18(24-20(25)26-19)14-9-13(10-23-11-14)12-5-2-1-3-6-12/h1-11,18-19H,(H,24,25)/t18-,19-/m0/s1. The minimum Gasteiger partial charge on any atom is -0.439 e. The fourth-order valence-electron chi connectivity index (χ4n) is 3.08. The maximum absolute atomic E-state index is 11.9. The topological polar surface area (TPSA) is 51.2 Å². The number of benzene rings is 2. The Morgan fingerprint density at radius 1 is 0.962 bits per heavy atom. The van der Waals surface area contributed by atoms with Gasteiger partial charge in [-0.05, 0) is 23.3 Å². The predicted octanol–water partition coefficient (Wildman–Crippen LogP) is 5.58. The Morgan fingerprint density at radius 3 is 2.58 bits per heavy atom. The summed E-state index contributed by atoms with van der Waals surface area (Å²) in [6, 6.07) is 16.8. The van der Waals surface area contributed by atoms with Crippen molar-refractivity contribution in [3.8, 4) is 11.1 Å². The van der Waals surface area contributed by atoms with Crippen LogP contribution in [0.15, 0.2) is 67.0 Å². The number of pyridine rings is 1. The van der Waals surface area contributed by atoms with Crippen molar-refractivity contribution in [1.82, 2.24) is 10.3 Å². The van der Waals surface area contributed by atoms with Crippen LogP contribution in [0.3, 0.4) is 0 Å². The zero-order valence-corrected chi connectivity index (χ0v) is 15.0. The first-order valence-electron chi connectivity index (χ1n) is 8.05. The second-order valence-corrected chi connectivity index (χ2v) is 6.75. The number of amides is 1. The second kappa shape index (κ2) is 6.98. The number of nitrogens with one attached hydrogen (secondary N) is 1. The zero-order valence-electron chi connectivity index (χ0n) is 13.5. The molecular formula is C20H14Cl2N2O2. The van der Waals surface area contributed by atoms with E-state index in [0.717, 1.165) is 16.7 Å². The van der Waals surface area contributed by atoms with Crippen LogP contribution in [0.2, 0.25) is 10.0 Å². The third-order valence-corrected chi connectivity index (χ3v) is 5.16. The number of carbonyl (C=O) groups is 1. The number of rotatable bonds is 3. The van der Waals surface area contributed by atoms with Crippen molar-refractivity contribution in [1.29, 1.82) is 0 Å². The lowest BCUT2D eigenvalue weighted by Gasteiger charge is -2.19. The fraction of sp³-hybridized carbons (Fsp3) is 0.100. The van der Waals surface area contributed by atoms with Gasteiger partial charge in [-0.25, -0.2) is 4.79 Å². The molecule has 4 rings (SSSR count). The molecule has 6 heteroatoms. The summed E-state index contributed by atoms with van der Waals surface area (Å²) in [5, 5.41) is 3.64. The van der Waals surface area contributed by atoms with Crippen molar-refractivity contribution in [2.24, 2.45) is 0 Å². The van der Waals surface area contributed by atoms with Crippen LogP contribution in [0.25, 0.3) is 11.1 Å². The van der Waals surface area contributed by atoms with E-state index in [1.54, 1.807) is 30.6 Å². The quantitative estimate of drug-likeness (QED) is 0.641. The van der Waals surface area contributed by atoms with E-state index in [4.69, 9.17) is 27.9 Å². The van der Waals surface area contributed by atoms with Crippen molar-refractivity contribution in [3.63, 3.8) is 0 Å².